The normalized spacial score (nSPS) is 19.1. The zero-order chi connectivity index (χ0) is 18.7. The van der Waals surface area contributed by atoms with Crippen LogP contribution in [0.2, 0.25) is 0 Å². The molecule has 0 radical (unpaired) electrons. The lowest BCUT2D eigenvalue weighted by Crippen LogP contribution is -2.54. The number of benzene rings is 1. The van der Waals surface area contributed by atoms with Crippen LogP contribution < -0.4 is 5.32 Å². The number of hydrogen-bond donors (Lipinski definition) is 2. The number of carbonyl (C=O) groups is 1. The smallest absolute Gasteiger partial charge is 0.347 e. The second kappa shape index (κ2) is 7.48. The highest BCUT2D eigenvalue weighted by atomic mass is 32.2. The fourth-order valence-electron chi connectivity index (χ4n) is 2.52. The largest absolute Gasteiger partial charge is 0.463 e. The van der Waals surface area contributed by atoms with Crippen LogP contribution in [0.4, 0.5) is 10.5 Å². The number of nitrogens with one attached hydrogen (secondary N) is 1. The molecule has 1 unspecified atom stereocenters. The predicted molar refractivity (Wildman–Crippen MR) is 105 cm³/mol. The number of thiocarbonyl (C=S) groups is 1. The Bertz CT molecular complexity index is 809. The Morgan fingerprint density at radius 3 is 2.77 bits per heavy atom. The summed E-state index contributed by atoms with van der Waals surface area (Å²) < 4.78 is 5.11. The molecule has 7 nitrogen and oxygen atoms in total. The van der Waals surface area contributed by atoms with Crippen LogP contribution in [0.25, 0.3) is 0 Å². The summed E-state index contributed by atoms with van der Waals surface area (Å²) >= 11 is 6.73. The molecule has 136 valence electrons. The van der Waals surface area contributed by atoms with Crippen molar-refractivity contribution in [3.05, 3.63) is 54.5 Å². The van der Waals surface area contributed by atoms with Crippen LogP contribution in [0.1, 0.15) is 19.6 Å². The molecule has 1 aliphatic rings. The summed E-state index contributed by atoms with van der Waals surface area (Å²) in [5, 5.41) is 19.6. The molecule has 1 aliphatic heterocycles. The van der Waals surface area contributed by atoms with Gasteiger partial charge >= 0.3 is 6.03 Å². The van der Waals surface area contributed by atoms with Gasteiger partial charge in [-0.2, -0.15) is 10.2 Å². The maximum absolute atomic E-state index is 12.5. The van der Waals surface area contributed by atoms with E-state index in [0.29, 0.717) is 20.8 Å². The minimum atomic E-state index is -0.782. The number of furan rings is 1. The standard InChI is InChI=1S/C17H18N4O3S2/c1-17(2)14(21(23)15(22)19-12-7-4-3-5-8-12)20(16(25)26-17)18-11-13-9-6-10-24-13/h3-11,14,23H,1-2H3,(H,19,22). The summed E-state index contributed by atoms with van der Waals surface area (Å²) in [5.74, 6) is 0.541. The van der Waals surface area contributed by atoms with Crippen LogP contribution in [0.5, 0.6) is 0 Å². The molecule has 26 heavy (non-hydrogen) atoms. The first kappa shape index (κ1) is 18.4. The average molecular weight is 390 g/mol. The third-order valence-corrected chi connectivity index (χ3v) is 5.24. The first-order chi connectivity index (χ1) is 12.4. The molecular weight excluding hydrogens is 372 g/mol. The summed E-state index contributed by atoms with van der Waals surface area (Å²) in [5.41, 5.74) is 0.577. The molecule has 0 aliphatic carbocycles. The average Bonchev–Trinajstić information content (AvgIpc) is 3.18. The molecule has 1 aromatic heterocycles. The van der Waals surface area contributed by atoms with E-state index >= 15 is 0 Å². The molecule has 1 atom stereocenters. The third-order valence-electron chi connectivity index (χ3n) is 3.71. The van der Waals surface area contributed by atoms with Gasteiger partial charge in [-0.15, -0.1) is 0 Å². The van der Waals surface area contributed by atoms with E-state index in [1.165, 1.54) is 29.2 Å². The van der Waals surface area contributed by atoms with Crippen LogP contribution in [0, 0.1) is 0 Å². The van der Waals surface area contributed by atoms with Crippen LogP contribution in [0.3, 0.4) is 0 Å². The molecule has 1 aromatic carbocycles. The first-order valence-electron chi connectivity index (χ1n) is 7.82. The van der Waals surface area contributed by atoms with Gasteiger partial charge in [-0.25, -0.2) is 9.80 Å². The van der Waals surface area contributed by atoms with Gasteiger partial charge in [-0.05, 0) is 38.1 Å². The lowest BCUT2D eigenvalue weighted by Gasteiger charge is -2.34. The van der Waals surface area contributed by atoms with Gasteiger partial charge in [0.05, 0.1) is 17.2 Å². The SMILES string of the molecule is CC1(C)SC(=S)N(N=Cc2ccco2)C1N(O)C(=O)Nc1ccccc1. The molecule has 0 bridgehead atoms. The Kier molecular flexibility index (Phi) is 5.30. The van der Waals surface area contributed by atoms with E-state index in [4.69, 9.17) is 16.6 Å². The van der Waals surface area contributed by atoms with E-state index in [-0.39, 0.29) is 0 Å². The van der Waals surface area contributed by atoms with Gasteiger partial charge < -0.3 is 9.73 Å². The van der Waals surface area contributed by atoms with Gasteiger partial charge in [-0.3, -0.25) is 5.21 Å². The third kappa shape index (κ3) is 3.90. The maximum atomic E-state index is 12.5. The van der Waals surface area contributed by atoms with Crippen molar-refractivity contribution in [3.63, 3.8) is 0 Å². The monoisotopic (exact) mass is 390 g/mol. The van der Waals surface area contributed by atoms with Crippen molar-refractivity contribution >= 4 is 46.2 Å². The highest BCUT2D eigenvalue weighted by Crippen LogP contribution is 2.42. The second-order valence-electron chi connectivity index (χ2n) is 6.09. The quantitative estimate of drug-likeness (QED) is 0.356. The number of anilines is 1. The molecule has 0 spiro atoms. The Labute approximate surface area is 160 Å². The zero-order valence-corrected chi connectivity index (χ0v) is 15.8. The van der Waals surface area contributed by atoms with Gasteiger partial charge in [0, 0.05) is 5.69 Å². The molecule has 1 saturated heterocycles. The van der Waals surface area contributed by atoms with Crippen LogP contribution in [0.15, 0.2) is 58.2 Å². The number of carbonyl (C=O) groups excluding carboxylic acids is 1. The molecule has 9 heteroatoms. The summed E-state index contributed by atoms with van der Waals surface area (Å²) in [4.78, 5) is 12.5. The molecule has 2 amide bonds. The Hall–Kier alpha value is -2.36. The van der Waals surface area contributed by atoms with Gasteiger partial charge in [0.15, 0.2) is 10.5 Å². The van der Waals surface area contributed by atoms with E-state index in [1.54, 1.807) is 36.4 Å². The van der Waals surface area contributed by atoms with Gasteiger partial charge in [0.25, 0.3) is 0 Å². The molecular formula is C17H18N4O3S2. The highest BCUT2D eigenvalue weighted by molar-refractivity contribution is 8.24. The zero-order valence-electron chi connectivity index (χ0n) is 14.2. The first-order valence-corrected chi connectivity index (χ1v) is 9.05. The minimum Gasteiger partial charge on any atom is -0.463 e. The van der Waals surface area contributed by atoms with E-state index in [9.17, 15) is 10.0 Å². The summed E-state index contributed by atoms with van der Waals surface area (Å²) in [6, 6.07) is 11.7. The van der Waals surface area contributed by atoms with E-state index < -0.39 is 16.9 Å². The van der Waals surface area contributed by atoms with Crippen molar-refractivity contribution < 1.29 is 14.4 Å². The van der Waals surface area contributed by atoms with Crippen molar-refractivity contribution in [2.75, 3.05) is 5.32 Å². The number of hydrazone groups is 1. The molecule has 0 saturated carbocycles. The van der Waals surface area contributed by atoms with Crippen LogP contribution in [-0.4, -0.2) is 42.8 Å². The minimum absolute atomic E-state index is 0.453. The fraction of sp³-hybridized carbons (Fsp3) is 0.235. The number of hydrogen-bond acceptors (Lipinski definition) is 6. The van der Waals surface area contributed by atoms with Gasteiger partial charge in [0.1, 0.15) is 5.76 Å². The predicted octanol–water partition coefficient (Wildman–Crippen LogP) is 3.98. The number of nitrogens with zero attached hydrogens (tertiary/aromatic N) is 3. The number of para-hydroxylation sites is 1. The number of rotatable bonds is 4. The summed E-state index contributed by atoms with van der Waals surface area (Å²) in [6.45, 7) is 3.77. The van der Waals surface area contributed by atoms with E-state index in [0.717, 1.165) is 0 Å². The summed E-state index contributed by atoms with van der Waals surface area (Å²) in [6.07, 6.45) is 2.24. The molecule has 1 fully saturated rings. The van der Waals surface area contributed by atoms with Gasteiger partial charge in [0.2, 0.25) is 0 Å². The Morgan fingerprint density at radius 1 is 1.38 bits per heavy atom. The highest BCUT2D eigenvalue weighted by Gasteiger charge is 2.50. The van der Waals surface area contributed by atoms with E-state index in [2.05, 4.69) is 10.4 Å². The van der Waals surface area contributed by atoms with Crippen molar-refractivity contribution in [2.45, 2.75) is 24.8 Å². The second-order valence-corrected chi connectivity index (χ2v) is 8.38. The molecule has 3 rings (SSSR count). The number of urea groups is 1. The number of thioether (sulfide) groups is 1. The van der Waals surface area contributed by atoms with Gasteiger partial charge in [-0.1, -0.05) is 42.2 Å². The fourth-order valence-corrected chi connectivity index (χ4v) is 4.31. The van der Waals surface area contributed by atoms with Crippen molar-refractivity contribution in [3.8, 4) is 0 Å². The summed E-state index contributed by atoms with van der Waals surface area (Å²) in [7, 11) is 0. The lowest BCUT2D eigenvalue weighted by molar-refractivity contribution is -0.114. The number of amides is 2. The van der Waals surface area contributed by atoms with Crippen molar-refractivity contribution in [1.29, 1.82) is 0 Å². The van der Waals surface area contributed by atoms with Crippen molar-refractivity contribution in [1.82, 2.24) is 10.1 Å². The van der Waals surface area contributed by atoms with Crippen LogP contribution in [-0.2, 0) is 0 Å². The number of hydroxylamine groups is 2. The van der Waals surface area contributed by atoms with Crippen LogP contribution >= 0.6 is 24.0 Å². The Morgan fingerprint density at radius 2 is 2.12 bits per heavy atom. The van der Waals surface area contributed by atoms with E-state index in [1.807, 2.05) is 19.9 Å². The topological polar surface area (TPSA) is 81.3 Å². The maximum Gasteiger partial charge on any atom is 0.347 e. The molecule has 2 N–H and O–H groups in total. The van der Waals surface area contributed by atoms with Crippen molar-refractivity contribution in [2.24, 2.45) is 5.10 Å². The lowest BCUT2D eigenvalue weighted by atomic mass is 10.1. The molecule has 2 aromatic rings. The Balaban J connectivity index is 1.81. The molecule has 2 heterocycles.